The lowest BCUT2D eigenvalue weighted by atomic mass is 10.0. The van der Waals surface area contributed by atoms with E-state index in [0.717, 1.165) is 10.5 Å². The zero-order valence-electron chi connectivity index (χ0n) is 21.2. The fourth-order valence-electron chi connectivity index (χ4n) is 4.13. The van der Waals surface area contributed by atoms with Crippen molar-refractivity contribution in [2.45, 2.75) is 19.9 Å². The van der Waals surface area contributed by atoms with Crippen LogP contribution in [0, 0.1) is 16.0 Å². The van der Waals surface area contributed by atoms with Crippen LogP contribution in [0.15, 0.2) is 71.2 Å². The minimum atomic E-state index is -1.42. The topological polar surface area (TPSA) is 150 Å². The maximum atomic E-state index is 13.0. The van der Waals surface area contributed by atoms with Gasteiger partial charge < -0.3 is 9.47 Å². The van der Waals surface area contributed by atoms with Gasteiger partial charge in [0.2, 0.25) is 0 Å². The number of fused-ring (bicyclic) bond motifs is 1. The summed E-state index contributed by atoms with van der Waals surface area (Å²) in [7, 11) is 0. The Morgan fingerprint density at radius 2 is 1.55 bits per heavy atom. The summed E-state index contributed by atoms with van der Waals surface area (Å²) in [5.41, 5.74) is -0.630. The number of ketones is 1. The van der Waals surface area contributed by atoms with E-state index >= 15 is 0 Å². The highest BCUT2D eigenvalue weighted by Crippen LogP contribution is 2.33. The number of nitrogens with zero attached hydrogens (tertiary/aromatic N) is 2. The number of hydrogen-bond acceptors (Lipinski definition) is 9. The number of halogens is 1. The van der Waals surface area contributed by atoms with Crippen molar-refractivity contribution in [2.75, 3.05) is 6.61 Å². The predicted octanol–water partition coefficient (Wildman–Crippen LogP) is 4.62. The predicted molar refractivity (Wildman–Crippen MR) is 143 cm³/mol. The SMILES string of the molecule is CC(C)[C@@H](C(=O)OCC(=O)c1ccc(OC(=O)c2ccc(Br)cc2)cc1)N1C(=O)c2cccc([N+](=O)[O-])c2C1=O. The van der Waals surface area contributed by atoms with Crippen molar-refractivity contribution in [1.82, 2.24) is 4.90 Å². The van der Waals surface area contributed by atoms with Gasteiger partial charge in [0.05, 0.1) is 16.1 Å². The Labute approximate surface area is 236 Å². The highest BCUT2D eigenvalue weighted by molar-refractivity contribution is 9.10. The zero-order valence-corrected chi connectivity index (χ0v) is 22.7. The maximum Gasteiger partial charge on any atom is 0.343 e. The molecule has 0 saturated carbocycles. The summed E-state index contributed by atoms with van der Waals surface area (Å²) in [6.45, 7) is 2.45. The first-order chi connectivity index (χ1) is 19.0. The summed E-state index contributed by atoms with van der Waals surface area (Å²) >= 11 is 3.29. The van der Waals surface area contributed by atoms with Crippen LogP contribution in [0.3, 0.4) is 0 Å². The van der Waals surface area contributed by atoms with E-state index in [9.17, 15) is 34.1 Å². The number of amides is 2. The summed E-state index contributed by atoms with van der Waals surface area (Å²) < 4.78 is 11.3. The van der Waals surface area contributed by atoms with Crippen LogP contribution in [0.25, 0.3) is 0 Å². The highest BCUT2D eigenvalue weighted by atomic mass is 79.9. The lowest BCUT2D eigenvalue weighted by Crippen LogP contribution is -2.49. The quantitative estimate of drug-likeness (QED) is 0.0845. The van der Waals surface area contributed by atoms with Crippen LogP contribution in [0.1, 0.15) is 55.3 Å². The molecule has 0 unspecified atom stereocenters. The third kappa shape index (κ3) is 5.66. The molecule has 0 aliphatic carbocycles. The molecule has 3 aromatic carbocycles. The molecular weight excluding hydrogens is 588 g/mol. The Morgan fingerprint density at radius 1 is 0.925 bits per heavy atom. The molecule has 0 radical (unpaired) electrons. The average molecular weight is 609 g/mol. The molecule has 0 spiro atoms. The molecule has 1 heterocycles. The number of hydrogen-bond donors (Lipinski definition) is 0. The van der Waals surface area contributed by atoms with E-state index in [1.165, 1.54) is 36.4 Å². The van der Waals surface area contributed by atoms with Crippen molar-refractivity contribution in [3.05, 3.63) is 104 Å². The molecule has 0 fully saturated rings. The number of nitro benzene ring substituents is 1. The molecule has 11 nitrogen and oxygen atoms in total. The largest absolute Gasteiger partial charge is 0.456 e. The van der Waals surface area contributed by atoms with Crippen molar-refractivity contribution < 1.29 is 38.4 Å². The Hall–Kier alpha value is -4.71. The molecule has 1 aliphatic heterocycles. The normalized spacial score (nSPS) is 13.2. The van der Waals surface area contributed by atoms with Crippen molar-refractivity contribution >= 4 is 51.2 Å². The van der Waals surface area contributed by atoms with Crippen molar-refractivity contribution in [3.8, 4) is 5.75 Å². The second kappa shape index (κ2) is 11.6. The molecule has 1 aliphatic rings. The van der Waals surface area contributed by atoms with Gasteiger partial charge in [-0.3, -0.25) is 29.4 Å². The number of imide groups is 1. The summed E-state index contributed by atoms with van der Waals surface area (Å²) in [5, 5.41) is 11.4. The second-order valence-electron chi connectivity index (χ2n) is 9.08. The van der Waals surface area contributed by atoms with Crippen LogP contribution in [0.4, 0.5) is 5.69 Å². The summed E-state index contributed by atoms with van der Waals surface area (Å²) in [6.07, 6.45) is 0. The number of carbonyl (C=O) groups is 5. The lowest BCUT2D eigenvalue weighted by Gasteiger charge is -2.27. The van der Waals surface area contributed by atoms with Crippen LogP contribution >= 0.6 is 15.9 Å². The summed E-state index contributed by atoms with van der Waals surface area (Å²) in [5.74, 6) is -4.45. The molecule has 3 aromatic rings. The molecule has 40 heavy (non-hydrogen) atoms. The molecule has 0 N–H and O–H groups in total. The van der Waals surface area contributed by atoms with Gasteiger partial charge in [-0.2, -0.15) is 0 Å². The Morgan fingerprint density at radius 3 is 2.15 bits per heavy atom. The van der Waals surface area contributed by atoms with E-state index in [4.69, 9.17) is 9.47 Å². The van der Waals surface area contributed by atoms with Gasteiger partial charge in [-0.05, 0) is 60.5 Å². The van der Waals surface area contributed by atoms with Gasteiger partial charge in [-0.15, -0.1) is 0 Å². The first kappa shape index (κ1) is 28.3. The van der Waals surface area contributed by atoms with Gasteiger partial charge in [-0.25, -0.2) is 9.59 Å². The number of ether oxygens (including phenoxy) is 2. The standard InChI is InChI=1S/C28H21BrN2O9/c1-15(2)24(30-25(33)20-4-3-5-21(31(37)38)23(20)26(30)34)28(36)39-14-22(32)16-8-12-19(13-9-16)40-27(35)17-6-10-18(29)11-7-17/h3-13,15,24H,14H2,1-2H3/t24-/m0/s1. The highest BCUT2D eigenvalue weighted by Gasteiger charge is 2.48. The van der Waals surface area contributed by atoms with Gasteiger partial charge in [0.1, 0.15) is 17.4 Å². The van der Waals surface area contributed by atoms with Crippen LogP contribution in [-0.2, 0) is 9.53 Å². The van der Waals surface area contributed by atoms with Crippen molar-refractivity contribution in [2.24, 2.45) is 5.92 Å². The summed E-state index contributed by atoms with van der Waals surface area (Å²) in [4.78, 5) is 75.2. The van der Waals surface area contributed by atoms with Gasteiger partial charge in [0.25, 0.3) is 17.5 Å². The van der Waals surface area contributed by atoms with Gasteiger partial charge in [0.15, 0.2) is 12.4 Å². The maximum absolute atomic E-state index is 13.0. The number of Topliss-reactive ketones (excluding diaryl/α,β-unsaturated/α-hetero) is 1. The third-order valence-corrected chi connectivity index (χ3v) is 6.61. The van der Waals surface area contributed by atoms with Crippen LogP contribution in [0.5, 0.6) is 5.75 Å². The monoisotopic (exact) mass is 608 g/mol. The minimum absolute atomic E-state index is 0.161. The Bertz CT molecular complexity index is 1530. The lowest BCUT2D eigenvalue weighted by molar-refractivity contribution is -0.385. The van der Waals surface area contributed by atoms with Gasteiger partial charge in [0, 0.05) is 16.1 Å². The van der Waals surface area contributed by atoms with E-state index in [0.29, 0.717) is 10.5 Å². The number of esters is 2. The van der Waals surface area contributed by atoms with Crippen LogP contribution < -0.4 is 4.74 Å². The van der Waals surface area contributed by atoms with Crippen LogP contribution in [-0.4, -0.2) is 52.0 Å². The molecule has 12 heteroatoms. The number of carbonyl (C=O) groups excluding carboxylic acids is 5. The molecule has 2 amide bonds. The first-order valence-corrected chi connectivity index (χ1v) is 12.7. The molecule has 0 aromatic heterocycles. The fraction of sp³-hybridized carbons (Fsp3) is 0.179. The smallest absolute Gasteiger partial charge is 0.343 e. The van der Waals surface area contributed by atoms with Gasteiger partial charge >= 0.3 is 11.9 Å². The molecule has 0 saturated heterocycles. The third-order valence-electron chi connectivity index (χ3n) is 6.08. The fourth-order valence-corrected chi connectivity index (χ4v) is 4.40. The van der Waals surface area contributed by atoms with E-state index in [1.54, 1.807) is 38.1 Å². The van der Waals surface area contributed by atoms with E-state index in [-0.39, 0.29) is 16.9 Å². The van der Waals surface area contributed by atoms with Crippen molar-refractivity contribution in [3.63, 3.8) is 0 Å². The number of rotatable bonds is 9. The average Bonchev–Trinajstić information content (AvgIpc) is 3.17. The Kier molecular flexibility index (Phi) is 8.19. The van der Waals surface area contributed by atoms with Crippen molar-refractivity contribution in [1.29, 1.82) is 0 Å². The zero-order chi connectivity index (χ0) is 29.1. The molecule has 204 valence electrons. The molecule has 0 bridgehead atoms. The van der Waals surface area contributed by atoms with E-state index < -0.39 is 64.3 Å². The number of nitro groups is 1. The van der Waals surface area contributed by atoms with E-state index in [1.807, 2.05) is 0 Å². The van der Waals surface area contributed by atoms with E-state index in [2.05, 4.69) is 15.9 Å². The molecule has 4 rings (SSSR count). The number of benzene rings is 3. The summed E-state index contributed by atoms with van der Waals surface area (Å²) in [6, 6.07) is 14.4. The molecule has 1 atom stereocenters. The van der Waals surface area contributed by atoms with Crippen LogP contribution in [0.2, 0.25) is 0 Å². The Balaban J connectivity index is 1.41. The second-order valence-corrected chi connectivity index (χ2v) is 9.99. The minimum Gasteiger partial charge on any atom is -0.456 e. The van der Waals surface area contributed by atoms with Gasteiger partial charge in [-0.1, -0.05) is 35.8 Å². The first-order valence-electron chi connectivity index (χ1n) is 11.9. The molecular formula is C28H21BrN2O9.